The first-order valence-electron chi connectivity index (χ1n) is 11.9. The molecule has 0 heterocycles. The van der Waals surface area contributed by atoms with Crippen LogP contribution in [0.25, 0.3) is 0 Å². The number of rotatable bonds is 11. The fraction of sp³-hybridized carbons (Fsp3) is 0.259. The number of hydrogen-bond acceptors (Lipinski definition) is 4. The molecule has 3 aromatic rings. The van der Waals surface area contributed by atoms with E-state index in [2.05, 4.69) is 5.32 Å². The maximum Gasteiger partial charge on any atom is 0.264 e. The van der Waals surface area contributed by atoms with Gasteiger partial charge in [0.25, 0.3) is 10.0 Å². The van der Waals surface area contributed by atoms with Crippen molar-refractivity contribution in [3.05, 3.63) is 94.2 Å². The predicted molar refractivity (Wildman–Crippen MR) is 147 cm³/mol. The molecule has 3 aromatic carbocycles. The number of hydrogen-bond donors (Lipinski definition) is 1. The van der Waals surface area contributed by atoms with Crippen molar-refractivity contribution in [3.63, 3.8) is 0 Å². The highest BCUT2D eigenvalue weighted by molar-refractivity contribution is 7.92. The molecule has 0 unspecified atom stereocenters. The molecule has 0 spiro atoms. The summed E-state index contributed by atoms with van der Waals surface area (Å²) in [5.41, 5.74) is 0.665. The van der Waals surface area contributed by atoms with E-state index in [-0.39, 0.29) is 39.5 Å². The minimum atomic E-state index is -4.24. The van der Waals surface area contributed by atoms with Gasteiger partial charge in [-0.15, -0.1) is 0 Å². The summed E-state index contributed by atoms with van der Waals surface area (Å²) in [5, 5.41) is 3.09. The van der Waals surface area contributed by atoms with Gasteiger partial charge in [-0.25, -0.2) is 12.8 Å². The Morgan fingerprint density at radius 1 is 0.947 bits per heavy atom. The first kappa shape index (κ1) is 29.4. The molecule has 0 bridgehead atoms. The second kappa shape index (κ2) is 13.1. The van der Waals surface area contributed by atoms with Gasteiger partial charge in [0.1, 0.15) is 18.4 Å². The molecule has 0 fully saturated rings. The number of likely N-dealkylation sites (N-methyl/N-ethyl adjacent to an activating group) is 1. The third kappa shape index (κ3) is 7.24. The average molecular weight is 581 g/mol. The zero-order chi connectivity index (χ0) is 27.9. The van der Waals surface area contributed by atoms with Crippen LogP contribution in [-0.4, -0.2) is 44.3 Å². The molecule has 202 valence electrons. The Morgan fingerprint density at radius 3 is 2.11 bits per heavy atom. The van der Waals surface area contributed by atoms with Crippen molar-refractivity contribution in [1.82, 2.24) is 10.2 Å². The number of benzene rings is 3. The molecule has 1 N–H and O–H groups in total. The Balaban J connectivity index is 2.07. The SMILES string of the molecule is CCNC(=O)[C@H](CC)N(Cc1ccc(F)cc1)C(=O)CN(c1cc(Cl)cc(Cl)c1)S(=O)(=O)c1ccccc1. The van der Waals surface area contributed by atoms with E-state index >= 15 is 0 Å². The van der Waals surface area contributed by atoms with Gasteiger partial charge in [-0.2, -0.15) is 0 Å². The third-order valence-electron chi connectivity index (χ3n) is 5.75. The van der Waals surface area contributed by atoms with Crippen LogP contribution in [0.15, 0.2) is 77.7 Å². The van der Waals surface area contributed by atoms with E-state index in [4.69, 9.17) is 23.2 Å². The van der Waals surface area contributed by atoms with Crippen LogP contribution in [0.1, 0.15) is 25.8 Å². The van der Waals surface area contributed by atoms with Crippen LogP contribution in [0.3, 0.4) is 0 Å². The van der Waals surface area contributed by atoms with Gasteiger partial charge in [0.05, 0.1) is 10.6 Å². The predicted octanol–water partition coefficient (Wildman–Crippen LogP) is 5.27. The highest BCUT2D eigenvalue weighted by Gasteiger charge is 2.33. The molecule has 1 atom stereocenters. The summed E-state index contributed by atoms with van der Waals surface area (Å²) in [5.74, 6) is -1.46. The van der Waals surface area contributed by atoms with Gasteiger partial charge in [-0.3, -0.25) is 13.9 Å². The van der Waals surface area contributed by atoms with Gasteiger partial charge in [-0.05, 0) is 61.4 Å². The fourth-order valence-corrected chi connectivity index (χ4v) is 5.86. The van der Waals surface area contributed by atoms with Crippen molar-refractivity contribution in [2.24, 2.45) is 0 Å². The lowest BCUT2D eigenvalue weighted by atomic mass is 10.1. The first-order chi connectivity index (χ1) is 18.1. The second-order valence-electron chi connectivity index (χ2n) is 8.42. The van der Waals surface area contributed by atoms with Crippen molar-refractivity contribution in [3.8, 4) is 0 Å². The van der Waals surface area contributed by atoms with E-state index in [1.54, 1.807) is 32.0 Å². The highest BCUT2D eigenvalue weighted by atomic mass is 35.5. The minimum absolute atomic E-state index is 0.0373. The Bertz CT molecular complexity index is 1350. The Hall–Kier alpha value is -3.14. The summed E-state index contributed by atoms with van der Waals surface area (Å²) >= 11 is 12.3. The first-order valence-corrected chi connectivity index (χ1v) is 14.1. The summed E-state index contributed by atoms with van der Waals surface area (Å²) in [4.78, 5) is 28.0. The van der Waals surface area contributed by atoms with Gasteiger partial charge in [0.15, 0.2) is 0 Å². The van der Waals surface area contributed by atoms with Crippen LogP contribution in [0.2, 0.25) is 10.0 Å². The van der Waals surface area contributed by atoms with Crippen molar-refractivity contribution < 1.29 is 22.4 Å². The monoisotopic (exact) mass is 579 g/mol. The molecule has 0 aromatic heterocycles. The largest absolute Gasteiger partial charge is 0.355 e. The number of nitrogens with one attached hydrogen (secondary N) is 1. The number of anilines is 1. The highest BCUT2D eigenvalue weighted by Crippen LogP contribution is 2.30. The normalized spacial score (nSPS) is 12.0. The summed E-state index contributed by atoms with van der Waals surface area (Å²) in [6.07, 6.45) is 0.271. The van der Waals surface area contributed by atoms with Crippen LogP contribution in [0.4, 0.5) is 10.1 Å². The molecule has 0 saturated heterocycles. The van der Waals surface area contributed by atoms with E-state index in [0.717, 1.165) is 4.31 Å². The summed E-state index contributed by atoms with van der Waals surface area (Å²) < 4.78 is 41.9. The number of carbonyl (C=O) groups excluding carboxylic acids is 2. The average Bonchev–Trinajstić information content (AvgIpc) is 2.88. The lowest BCUT2D eigenvalue weighted by Crippen LogP contribution is -2.52. The van der Waals surface area contributed by atoms with Crippen LogP contribution >= 0.6 is 23.2 Å². The van der Waals surface area contributed by atoms with Gasteiger partial charge in [0, 0.05) is 23.1 Å². The third-order valence-corrected chi connectivity index (χ3v) is 7.97. The maximum atomic E-state index is 13.9. The molecule has 3 rings (SSSR count). The van der Waals surface area contributed by atoms with Gasteiger partial charge >= 0.3 is 0 Å². The lowest BCUT2D eigenvalue weighted by Gasteiger charge is -2.33. The Labute approximate surface area is 232 Å². The zero-order valence-electron chi connectivity index (χ0n) is 20.9. The van der Waals surface area contributed by atoms with Gasteiger partial charge in [0.2, 0.25) is 11.8 Å². The standard InChI is InChI=1S/C27H28Cl2FN3O4S/c1-3-25(27(35)31-4-2)32(17-19-10-12-22(30)13-11-19)26(34)18-33(23-15-20(28)14-21(29)16-23)38(36,37)24-8-6-5-7-9-24/h5-16,25H,3-4,17-18H2,1-2H3,(H,31,35)/t25-/m0/s1. The number of carbonyl (C=O) groups is 2. The van der Waals surface area contributed by atoms with Crippen molar-refractivity contribution in [2.75, 3.05) is 17.4 Å². The summed E-state index contributed by atoms with van der Waals surface area (Å²) in [6, 6.07) is 16.5. The number of halogens is 3. The molecule has 2 amide bonds. The van der Waals surface area contributed by atoms with Crippen molar-refractivity contribution >= 4 is 50.7 Å². The smallest absolute Gasteiger partial charge is 0.264 e. The van der Waals surface area contributed by atoms with Gasteiger partial charge in [-0.1, -0.05) is 60.5 Å². The van der Waals surface area contributed by atoms with Crippen LogP contribution in [0, 0.1) is 5.82 Å². The molecule has 0 aliphatic rings. The fourth-order valence-electron chi connectivity index (χ4n) is 3.93. The molecule has 11 heteroatoms. The minimum Gasteiger partial charge on any atom is -0.355 e. The molecular weight excluding hydrogens is 552 g/mol. The number of amides is 2. The Morgan fingerprint density at radius 2 is 1.55 bits per heavy atom. The van der Waals surface area contributed by atoms with Crippen LogP contribution in [0.5, 0.6) is 0 Å². The quantitative estimate of drug-likeness (QED) is 0.335. The van der Waals surface area contributed by atoms with E-state index < -0.39 is 34.3 Å². The zero-order valence-corrected chi connectivity index (χ0v) is 23.2. The molecular formula is C27H28Cl2FN3O4S. The van der Waals surface area contributed by atoms with Crippen molar-refractivity contribution in [1.29, 1.82) is 0 Å². The molecule has 0 aliphatic carbocycles. The molecule has 7 nitrogen and oxygen atoms in total. The van der Waals surface area contributed by atoms with Crippen molar-refractivity contribution in [2.45, 2.75) is 37.8 Å². The van der Waals surface area contributed by atoms with Crippen LogP contribution < -0.4 is 9.62 Å². The van der Waals surface area contributed by atoms with E-state index in [1.807, 2.05) is 0 Å². The van der Waals surface area contributed by atoms with Gasteiger partial charge < -0.3 is 10.2 Å². The lowest BCUT2D eigenvalue weighted by molar-refractivity contribution is -0.140. The molecule has 38 heavy (non-hydrogen) atoms. The number of nitrogens with zero attached hydrogens (tertiary/aromatic N) is 2. The summed E-state index contributed by atoms with van der Waals surface area (Å²) in [7, 11) is -4.24. The van der Waals surface area contributed by atoms with Crippen LogP contribution in [-0.2, 0) is 26.2 Å². The maximum absolute atomic E-state index is 13.9. The topological polar surface area (TPSA) is 86.8 Å². The van der Waals surface area contributed by atoms with E-state index in [1.165, 1.54) is 59.5 Å². The molecule has 0 radical (unpaired) electrons. The molecule has 0 saturated carbocycles. The summed E-state index contributed by atoms with van der Waals surface area (Å²) in [6.45, 7) is 3.19. The Kier molecular flexibility index (Phi) is 10.1. The number of sulfonamides is 1. The van der Waals surface area contributed by atoms with E-state index in [9.17, 15) is 22.4 Å². The molecule has 0 aliphatic heterocycles. The van der Waals surface area contributed by atoms with E-state index in [0.29, 0.717) is 12.1 Å². The second-order valence-corrected chi connectivity index (χ2v) is 11.2.